The zero-order valence-electron chi connectivity index (χ0n) is 23.1. The van der Waals surface area contributed by atoms with Gasteiger partial charge in [0.2, 0.25) is 11.8 Å². The van der Waals surface area contributed by atoms with Crippen molar-refractivity contribution in [2.75, 3.05) is 31.5 Å². The number of pyridine rings is 1. The Morgan fingerprint density at radius 1 is 1.02 bits per heavy atom. The second kappa shape index (κ2) is 12.0. The minimum atomic E-state index is -2.89. The van der Waals surface area contributed by atoms with Gasteiger partial charge >= 0.3 is 6.55 Å². The van der Waals surface area contributed by atoms with Crippen LogP contribution in [0.25, 0.3) is 22.6 Å². The van der Waals surface area contributed by atoms with E-state index in [0.29, 0.717) is 65.6 Å². The number of nitrogens with zero attached hydrogens (tertiary/aromatic N) is 8. The molecular formula is C29H27F2N9O3. The van der Waals surface area contributed by atoms with Crippen molar-refractivity contribution in [2.24, 2.45) is 0 Å². The number of aromatic nitrogens is 6. The van der Waals surface area contributed by atoms with E-state index in [4.69, 9.17) is 4.42 Å². The highest BCUT2D eigenvalue weighted by atomic mass is 19.3. The average molecular weight is 588 g/mol. The van der Waals surface area contributed by atoms with Gasteiger partial charge in [-0.15, -0.1) is 10.2 Å². The monoisotopic (exact) mass is 587 g/mol. The molecule has 1 saturated heterocycles. The number of benzene rings is 2. The number of hydrogen-bond donors (Lipinski definition) is 1. The van der Waals surface area contributed by atoms with Crippen LogP contribution in [0.15, 0.2) is 71.3 Å². The summed E-state index contributed by atoms with van der Waals surface area (Å²) in [6.07, 6.45) is 1.89. The summed E-state index contributed by atoms with van der Waals surface area (Å²) in [7, 11) is 0. The first kappa shape index (κ1) is 28.0. The van der Waals surface area contributed by atoms with Crippen molar-refractivity contribution in [3.05, 3.63) is 83.9 Å². The van der Waals surface area contributed by atoms with Gasteiger partial charge in [-0.25, -0.2) is 4.98 Å². The van der Waals surface area contributed by atoms with Crippen molar-refractivity contribution < 1.29 is 22.8 Å². The Hall–Kier alpha value is -5.11. The van der Waals surface area contributed by atoms with E-state index in [1.54, 1.807) is 42.2 Å². The summed E-state index contributed by atoms with van der Waals surface area (Å²) in [4.78, 5) is 38.1. The van der Waals surface area contributed by atoms with Crippen LogP contribution in [0.2, 0.25) is 0 Å². The summed E-state index contributed by atoms with van der Waals surface area (Å²) in [5.74, 6) is 0.136. The zero-order chi connectivity index (χ0) is 29.9. The molecule has 43 heavy (non-hydrogen) atoms. The molecule has 4 heterocycles. The normalized spacial score (nSPS) is 14.7. The van der Waals surface area contributed by atoms with Crippen LogP contribution in [-0.4, -0.2) is 78.0 Å². The van der Waals surface area contributed by atoms with Crippen LogP contribution in [0.5, 0.6) is 0 Å². The molecule has 0 bridgehead atoms. The van der Waals surface area contributed by atoms with E-state index >= 15 is 0 Å². The van der Waals surface area contributed by atoms with Crippen LogP contribution in [0, 0.1) is 0 Å². The smallest absolute Gasteiger partial charge is 0.350 e. The Labute approximate surface area is 244 Å². The maximum absolute atomic E-state index is 13.5. The highest BCUT2D eigenvalue weighted by molar-refractivity contribution is 5.94. The number of alkyl halides is 2. The average Bonchev–Trinajstić information content (AvgIpc) is 3.70. The van der Waals surface area contributed by atoms with Gasteiger partial charge in [-0.3, -0.25) is 19.5 Å². The number of halogens is 2. The van der Waals surface area contributed by atoms with E-state index in [1.165, 1.54) is 6.20 Å². The van der Waals surface area contributed by atoms with Crippen LogP contribution in [0.3, 0.4) is 0 Å². The van der Waals surface area contributed by atoms with Crippen molar-refractivity contribution in [3.8, 4) is 11.5 Å². The predicted molar refractivity (Wildman–Crippen MR) is 151 cm³/mol. The number of nitrogens with one attached hydrogen (secondary N) is 1. The predicted octanol–water partition coefficient (Wildman–Crippen LogP) is 4.17. The first-order valence-corrected chi connectivity index (χ1v) is 13.7. The first-order chi connectivity index (χ1) is 20.9. The fourth-order valence-corrected chi connectivity index (χ4v) is 4.99. The van der Waals surface area contributed by atoms with E-state index in [9.17, 15) is 18.4 Å². The largest absolute Gasteiger partial charge is 0.436 e. The van der Waals surface area contributed by atoms with Crippen LogP contribution in [0.4, 0.5) is 14.5 Å². The number of fused-ring (bicyclic) bond motifs is 1. The first-order valence-electron chi connectivity index (χ1n) is 13.7. The number of oxazole rings is 1. The number of hydrogen-bond acceptors (Lipinski definition) is 9. The Kier molecular flexibility index (Phi) is 7.83. The minimum absolute atomic E-state index is 0.104. The maximum atomic E-state index is 13.5. The summed E-state index contributed by atoms with van der Waals surface area (Å²) in [5, 5.41) is 14.1. The molecule has 1 atom stereocenters. The van der Waals surface area contributed by atoms with Gasteiger partial charge in [0.05, 0.1) is 6.04 Å². The molecule has 3 aromatic heterocycles. The summed E-state index contributed by atoms with van der Waals surface area (Å²) in [5.41, 5.74) is 3.40. The number of tetrazole rings is 1. The van der Waals surface area contributed by atoms with Crippen LogP contribution in [-0.2, 0) is 4.79 Å². The Morgan fingerprint density at radius 2 is 1.81 bits per heavy atom. The number of anilines is 1. The van der Waals surface area contributed by atoms with Crippen molar-refractivity contribution in [3.63, 3.8) is 0 Å². The molecule has 5 aromatic rings. The Bertz CT molecular complexity index is 1750. The molecule has 1 aliphatic heterocycles. The maximum Gasteiger partial charge on any atom is 0.350 e. The Morgan fingerprint density at radius 3 is 2.53 bits per heavy atom. The Balaban J connectivity index is 1.17. The third-order valence-corrected chi connectivity index (χ3v) is 7.16. The molecule has 0 saturated carbocycles. The third-order valence-electron chi connectivity index (χ3n) is 7.16. The van der Waals surface area contributed by atoms with Crippen LogP contribution >= 0.6 is 0 Å². The number of amides is 2. The third kappa shape index (κ3) is 5.95. The molecule has 6 rings (SSSR count). The molecule has 1 aliphatic rings. The molecule has 12 nitrogen and oxygen atoms in total. The van der Waals surface area contributed by atoms with Crippen molar-refractivity contribution in [2.45, 2.75) is 25.9 Å². The van der Waals surface area contributed by atoms with Crippen molar-refractivity contribution in [1.82, 2.24) is 40.0 Å². The molecule has 2 aromatic carbocycles. The van der Waals surface area contributed by atoms with E-state index in [-0.39, 0.29) is 23.3 Å². The summed E-state index contributed by atoms with van der Waals surface area (Å²) in [6.45, 7) is 0.553. The van der Waals surface area contributed by atoms with Gasteiger partial charge in [0.1, 0.15) is 11.2 Å². The lowest BCUT2D eigenvalue weighted by Gasteiger charge is -2.38. The van der Waals surface area contributed by atoms with Crippen LogP contribution in [0.1, 0.15) is 47.8 Å². The molecule has 0 spiro atoms. The van der Waals surface area contributed by atoms with Gasteiger partial charge in [0.15, 0.2) is 11.4 Å². The highest BCUT2D eigenvalue weighted by Crippen LogP contribution is 2.29. The molecule has 220 valence electrons. The molecular weight excluding hydrogens is 560 g/mol. The number of rotatable bonds is 8. The molecule has 0 aliphatic carbocycles. The standard InChI is InChI=1S/C29H27F2N9O3/c1-2-24(41)33-20-8-9-23-21(17-20)34-27(43-23)19-10-11-32-22(16-19)28(42)39-14-12-38(13-15-39)25(18-6-4-3-5-7-18)26-35-37-40(36-26)29(30)31/h3-11,16-17,25,29H,2,12-15H2,1H3,(H,33,41)/t25-/m1/s1. The molecule has 2 amide bonds. The second-order valence-corrected chi connectivity index (χ2v) is 9.92. The quantitative estimate of drug-likeness (QED) is 0.284. The van der Waals surface area contributed by atoms with E-state index < -0.39 is 12.6 Å². The molecule has 14 heteroatoms. The van der Waals surface area contributed by atoms with Gasteiger partial charge in [-0.1, -0.05) is 42.1 Å². The second-order valence-electron chi connectivity index (χ2n) is 9.92. The van der Waals surface area contributed by atoms with Crippen molar-refractivity contribution >= 4 is 28.6 Å². The van der Waals surface area contributed by atoms with Gasteiger partial charge < -0.3 is 14.6 Å². The van der Waals surface area contributed by atoms with Gasteiger partial charge in [0, 0.05) is 50.0 Å². The van der Waals surface area contributed by atoms with E-state index in [1.807, 2.05) is 35.2 Å². The summed E-state index contributed by atoms with van der Waals surface area (Å²) < 4.78 is 32.2. The number of piperazine rings is 1. The molecule has 0 unspecified atom stereocenters. The number of carbonyl (C=O) groups excluding carboxylic acids is 2. The summed E-state index contributed by atoms with van der Waals surface area (Å²) >= 11 is 0. The highest BCUT2D eigenvalue weighted by Gasteiger charge is 2.32. The SMILES string of the molecule is CCC(=O)Nc1ccc2oc(-c3ccnc(C(=O)N4CCN([C@H](c5ccccc5)c5nnn(C(F)F)n5)CC4)c3)nc2c1. The number of carbonyl (C=O) groups is 2. The molecule has 1 fully saturated rings. The molecule has 1 N–H and O–H groups in total. The van der Waals surface area contributed by atoms with Crippen molar-refractivity contribution in [1.29, 1.82) is 0 Å². The fraction of sp³-hybridized carbons (Fsp3) is 0.276. The fourth-order valence-electron chi connectivity index (χ4n) is 4.99. The van der Waals surface area contributed by atoms with Gasteiger partial charge in [-0.2, -0.15) is 8.78 Å². The van der Waals surface area contributed by atoms with E-state index in [2.05, 4.69) is 30.7 Å². The van der Waals surface area contributed by atoms with Gasteiger partial charge in [-0.05, 0) is 41.1 Å². The zero-order valence-corrected chi connectivity index (χ0v) is 23.1. The minimum Gasteiger partial charge on any atom is -0.436 e. The van der Waals surface area contributed by atoms with Crippen LogP contribution < -0.4 is 5.32 Å². The lowest BCUT2D eigenvalue weighted by molar-refractivity contribution is -0.115. The lowest BCUT2D eigenvalue weighted by Crippen LogP contribution is -2.50. The molecule has 0 radical (unpaired) electrons. The summed E-state index contributed by atoms with van der Waals surface area (Å²) in [6, 6.07) is 17.4. The van der Waals surface area contributed by atoms with Gasteiger partial charge in [0.25, 0.3) is 5.91 Å². The van der Waals surface area contributed by atoms with E-state index in [0.717, 1.165) is 5.56 Å². The lowest BCUT2D eigenvalue weighted by atomic mass is 10.0. The topological polar surface area (TPSA) is 135 Å².